The monoisotopic (exact) mass is 342 g/mol. The number of benzene rings is 1. The van der Waals surface area contributed by atoms with Gasteiger partial charge in [-0.1, -0.05) is 35.0 Å². The Labute approximate surface area is 133 Å². The van der Waals surface area contributed by atoms with Crippen LogP contribution in [0.4, 0.5) is 0 Å². The number of halogens is 2. The second-order valence-corrected chi connectivity index (χ2v) is 6.94. The van der Waals surface area contributed by atoms with Crippen LogP contribution in [0.15, 0.2) is 39.4 Å². The standard InChI is InChI=1S/C13H8Cl2N2OS2/c14-6-3-7(15)5-8(4-6)20-11-9-1-2-19-13(9)17-10(11)12(16)18/h1-5,17H,(H2,16,18). The first-order valence-electron chi connectivity index (χ1n) is 5.57. The number of hydrogen-bond acceptors (Lipinski definition) is 3. The molecular formula is C13H8Cl2N2OS2. The molecule has 7 heteroatoms. The number of carbonyl (C=O) groups excluding carboxylic acids is 1. The number of fused-ring (bicyclic) bond motifs is 1. The van der Waals surface area contributed by atoms with Gasteiger partial charge in [0.2, 0.25) is 0 Å². The lowest BCUT2D eigenvalue weighted by Gasteiger charge is -2.04. The number of nitrogens with one attached hydrogen (secondary N) is 1. The van der Waals surface area contributed by atoms with Gasteiger partial charge in [-0.3, -0.25) is 4.79 Å². The number of rotatable bonds is 3. The van der Waals surface area contributed by atoms with Crippen LogP contribution in [0.1, 0.15) is 10.5 Å². The van der Waals surface area contributed by atoms with Gasteiger partial charge in [0.15, 0.2) is 0 Å². The molecule has 20 heavy (non-hydrogen) atoms. The van der Waals surface area contributed by atoms with Crippen LogP contribution in [-0.4, -0.2) is 10.9 Å². The van der Waals surface area contributed by atoms with Gasteiger partial charge in [0, 0.05) is 20.3 Å². The van der Waals surface area contributed by atoms with Crippen molar-refractivity contribution in [1.29, 1.82) is 0 Å². The van der Waals surface area contributed by atoms with Crippen molar-refractivity contribution in [3.8, 4) is 0 Å². The summed E-state index contributed by atoms with van der Waals surface area (Å²) < 4.78 is 0. The summed E-state index contributed by atoms with van der Waals surface area (Å²) in [5.41, 5.74) is 5.83. The number of nitrogens with two attached hydrogens (primary N) is 1. The first-order valence-corrected chi connectivity index (χ1v) is 8.02. The summed E-state index contributed by atoms with van der Waals surface area (Å²) in [6.45, 7) is 0. The van der Waals surface area contributed by atoms with Crippen molar-refractivity contribution in [3.63, 3.8) is 0 Å². The number of H-pyrrole nitrogens is 1. The Bertz CT molecular complexity index is 790. The van der Waals surface area contributed by atoms with E-state index in [-0.39, 0.29) is 0 Å². The Hall–Kier alpha value is -1.14. The second kappa shape index (κ2) is 5.33. The average molecular weight is 343 g/mol. The molecule has 0 aliphatic rings. The molecule has 1 aromatic carbocycles. The van der Waals surface area contributed by atoms with Crippen LogP contribution >= 0.6 is 46.3 Å². The number of aromatic amines is 1. The normalized spacial score (nSPS) is 11.1. The molecule has 0 aliphatic heterocycles. The first-order chi connectivity index (χ1) is 9.54. The van der Waals surface area contributed by atoms with E-state index < -0.39 is 5.91 Å². The van der Waals surface area contributed by atoms with Crippen molar-refractivity contribution in [3.05, 3.63) is 45.4 Å². The van der Waals surface area contributed by atoms with E-state index in [9.17, 15) is 4.79 Å². The summed E-state index contributed by atoms with van der Waals surface area (Å²) >= 11 is 14.9. The maximum absolute atomic E-state index is 11.5. The minimum absolute atomic E-state index is 0.410. The first kappa shape index (κ1) is 13.8. The van der Waals surface area contributed by atoms with Crippen molar-refractivity contribution in [1.82, 2.24) is 4.98 Å². The lowest BCUT2D eigenvalue weighted by atomic mass is 10.3. The topological polar surface area (TPSA) is 58.9 Å². The molecular weight excluding hydrogens is 335 g/mol. The fourth-order valence-corrected chi connectivity index (χ4v) is 4.53. The summed E-state index contributed by atoms with van der Waals surface area (Å²) in [4.78, 5) is 17.2. The van der Waals surface area contributed by atoms with E-state index in [2.05, 4.69) is 4.98 Å². The van der Waals surface area contributed by atoms with Gasteiger partial charge >= 0.3 is 0 Å². The van der Waals surface area contributed by atoms with Crippen LogP contribution in [-0.2, 0) is 0 Å². The Balaban J connectivity index is 2.11. The average Bonchev–Trinajstić information content (AvgIpc) is 2.90. The van der Waals surface area contributed by atoms with Crippen molar-refractivity contribution < 1.29 is 4.79 Å². The second-order valence-electron chi connectivity index (χ2n) is 4.06. The van der Waals surface area contributed by atoms with Crippen LogP contribution in [0.25, 0.3) is 10.2 Å². The van der Waals surface area contributed by atoms with Gasteiger partial charge in [0.25, 0.3) is 5.91 Å². The zero-order valence-electron chi connectivity index (χ0n) is 9.94. The minimum Gasteiger partial charge on any atom is -0.364 e. The van der Waals surface area contributed by atoms with Gasteiger partial charge in [-0.2, -0.15) is 0 Å². The molecule has 3 aromatic rings. The van der Waals surface area contributed by atoms with Gasteiger partial charge in [0.05, 0.1) is 4.90 Å². The Morgan fingerprint density at radius 2 is 1.95 bits per heavy atom. The lowest BCUT2D eigenvalue weighted by molar-refractivity contribution is 0.0993. The number of aromatic nitrogens is 1. The number of primary amides is 1. The fourth-order valence-electron chi connectivity index (χ4n) is 1.87. The van der Waals surface area contributed by atoms with Crippen LogP contribution in [0, 0.1) is 0 Å². The van der Waals surface area contributed by atoms with Crippen molar-refractivity contribution in [2.45, 2.75) is 9.79 Å². The maximum Gasteiger partial charge on any atom is 0.266 e. The summed E-state index contributed by atoms with van der Waals surface area (Å²) in [7, 11) is 0. The van der Waals surface area contributed by atoms with Crippen LogP contribution in [0.3, 0.4) is 0 Å². The van der Waals surface area contributed by atoms with E-state index >= 15 is 0 Å². The third-order valence-electron chi connectivity index (χ3n) is 2.68. The van der Waals surface area contributed by atoms with Gasteiger partial charge < -0.3 is 10.7 Å². The highest BCUT2D eigenvalue weighted by molar-refractivity contribution is 7.99. The number of thiophene rings is 1. The third kappa shape index (κ3) is 2.54. The molecule has 2 aromatic heterocycles. The van der Waals surface area contributed by atoms with Gasteiger partial charge in [-0.25, -0.2) is 0 Å². The molecule has 2 heterocycles. The van der Waals surface area contributed by atoms with E-state index in [1.54, 1.807) is 18.2 Å². The zero-order valence-corrected chi connectivity index (χ0v) is 13.1. The lowest BCUT2D eigenvalue weighted by Crippen LogP contribution is -2.12. The zero-order chi connectivity index (χ0) is 14.3. The van der Waals surface area contributed by atoms with Gasteiger partial charge in [-0.05, 0) is 29.6 Å². The van der Waals surface area contributed by atoms with Crippen molar-refractivity contribution in [2.24, 2.45) is 5.73 Å². The smallest absolute Gasteiger partial charge is 0.266 e. The predicted octanol–water partition coefficient (Wildman–Crippen LogP) is 4.79. The summed E-state index contributed by atoms with van der Waals surface area (Å²) in [6.07, 6.45) is 0. The molecule has 0 spiro atoms. The van der Waals surface area contributed by atoms with E-state index in [1.807, 2.05) is 11.4 Å². The summed E-state index contributed by atoms with van der Waals surface area (Å²) in [5.74, 6) is -0.482. The molecule has 0 saturated carbocycles. The van der Waals surface area contributed by atoms with Crippen molar-refractivity contribution >= 4 is 62.4 Å². The highest BCUT2D eigenvalue weighted by atomic mass is 35.5. The molecule has 0 atom stereocenters. The highest BCUT2D eigenvalue weighted by Gasteiger charge is 2.17. The SMILES string of the molecule is NC(=O)c1[nH]c2sccc2c1Sc1cc(Cl)cc(Cl)c1. The molecule has 0 bridgehead atoms. The van der Waals surface area contributed by atoms with Crippen LogP contribution in [0.2, 0.25) is 10.0 Å². The maximum atomic E-state index is 11.5. The van der Waals surface area contributed by atoms with E-state index in [4.69, 9.17) is 28.9 Å². The highest BCUT2D eigenvalue weighted by Crippen LogP contribution is 2.39. The number of amides is 1. The molecule has 0 radical (unpaired) electrons. The number of hydrogen-bond donors (Lipinski definition) is 2. The minimum atomic E-state index is -0.482. The van der Waals surface area contributed by atoms with Gasteiger partial charge in [0.1, 0.15) is 10.5 Å². The molecule has 102 valence electrons. The van der Waals surface area contributed by atoms with Gasteiger partial charge in [-0.15, -0.1) is 11.3 Å². The molecule has 1 amide bonds. The summed E-state index contributed by atoms with van der Waals surface area (Å²) in [5, 5.41) is 4.04. The Kier molecular flexibility index (Phi) is 3.69. The molecule has 3 N–H and O–H groups in total. The summed E-state index contributed by atoms with van der Waals surface area (Å²) in [6, 6.07) is 7.22. The van der Waals surface area contributed by atoms with E-state index in [1.165, 1.54) is 23.1 Å². The van der Waals surface area contributed by atoms with Crippen LogP contribution in [0.5, 0.6) is 0 Å². The molecule has 0 saturated heterocycles. The third-order valence-corrected chi connectivity index (χ3v) is 5.04. The van der Waals surface area contributed by atoms with Crippen LogP contribution < -0.4 is 5.73 Å². The number of carbonyl (C=O) groups is 1. The Morgan fingerprint density at radius 1 is 1.25 bits per heavy atom. The molecule has 0 fully saturated rings. The molecule has 3 nitrogen and oxygen atoms in total. The molecule has 3 rings (SSSR count). The Morgan fingerprint density at radius 3 is 2.60 bits per heavy atom. The fraction of sp³-hybridized carbons (Fsp3) is 0. The molecule has 0 aliphatic carbocycles. The quantitative estimate of drug-likeness (QED) is 0.719. The van der Waals surface area contributed by atoms with Crippen molar-refractivity contribution in [2.75, 3.05) is 0 Å². The van der Waals surface area contributed by atoms with E-state index in [0.29, 0.717) is 15.7 Å². The predicted molar refractivity (Wildman–Crippen MR) is 85.3 cm³/mol. The molecule has 0 unspecified atom stereocenters. The van der Waals surface area contributed by atoms with E-state index in [0.717, 1.165) is 20.0 Å². The largest absolute Gasteiger partial charge is 0.364 e.